The van der Waals surface area contributed by atoms with Gasteiger partial charge in [0.05, 0.1) is 71.1 Å². The second kappa shape index (κ2) is 49.5. The van der Waals surface area contributed by atoms with E-state index < -0.39 is 5.91 Å². The van der Waals surface area contributed by atoms with Crippen LogP contribution in [0.15, 0.2) is 175 Å². The zero-order valence-electron chi connectivity index (χ0n) is 75.1. The minimum absolute atomic E-state index is 0.0293. The Hall–Kier alpha value is -12.5. The Morgan fingerprint density at radius 1 is 0.493 bits per heavy atom. The molecule has 5 saturated heterocycles. The zero-order valence-corrected chi connectivity index (χ0v) is 76.6. The van der Waals surface area contributed by atoms with Gasteiger partial charge in [-0.25, -0.2) is 43.1 Å². The van der Waals surface area contributed by atoms with Crippen molar-refractivity contribution in [1.29, 1.82) is 10.5 Å². The minimum Gasteiger partial charge on any atom is -0.466 e. The van der Waals surface area contributed by atoms with Crippen LogP contribution in [0.3, 0.4) is 0 Å². The molecule has 5 aliphatic carbocycles. The van der Waals surface area contributed by atoms with Crippen LogP contribution >= 0.6 is 23.2 Å². The summed E-state index contributed by atoms with van der Waals surface area (Å²) in [5.41, 5.74) is 21.9. The average Bonchev–Trinajstić information content (AvgIpc) is 1.67. The van der Waals surface area contributed by atoms with Crippen LogP contribution in [0.5, 0.6) is 34.9 Å². The SMILES string of the molecule is CCOC(=O)CC(=O)C1CC1.Clc1cc(Oc2cc(C3CC3)nn2C2CCOCC2)ccn1.Fc1ccnc(Cl)c1.N#Cc1cccc(N)c1.N#Cc1cccc(Nc2cc(Oc3cc(C4CC4)nn3C3CCOCC3)ccn2)c1.NC(=O)c1cccc(Nc2cc(Oc3cc(C4CC4)nn3C3CCOCC3)ccn2)c1.NNC1CCOCC1.O=c1cc(C2CC2)[nH]n1C1CCOCC1. The van der Waals surface area contributed by atoms with Crippen molar-refractivity contribution in [2.24, 2.45) is 17.5 Å². The first-order valence-electron chi connectivity index (χ1n) is 46.0. The number of nitriles is 2. The molecule has 8 aromatic heterocycles. The highest BCUT2D eigenvalue weighted by Crippen LogP contribution is 2.46. The van der Waals surface area contributed by atoms with E-state index in [9.17, 15) is 23.6 Å². The Balaban J connectivity index is 0.000000129. The molecule has 134 heavy (non-hydrogen) atoms. The number of aromatic nitrogens is 12. The summed E-state index contributed by atoms with van der Waals surface area (Å²) >= 11 is 11.2. The monoisotopic (exact) mass is 1870 g/mol. The van der Waals surface area contributed by atoms with Gasteiger partial charge in [-0.1, -0.05) is 41.4 Å². The maximum atomic E-state index is 12.0. The van der Waals surface area contributed by atoms with Gasteiger partial charge in [0.1, 0.15) is 57.2 Å². The summed E-state index contributed by atoms with van der Waals surface area (Å²) in [5, 5.41) is 42.3. The molecule has 0 bridgehead atoms. The van der Waals surface area contributed by atoms with Crippen molar-refractivity contribution in [2.45, 2.75) is 196 Å². The molecular formula is C98H115Cl2FN20O13. The van der Waals surface area contributed by atoms with Crippen molar-refractivity contribution in [3.05, 3.63) is 236 Å². The summed E-state index contributed by atoms with van der Waals surface area (Å²) in [6.07, 6.45) is 27.7. The number of carbonyl (C=O) groups is 3. The number of aromatic amines is 1. The average molecular weight is 1870 g/mol. The summed E-state index contributed by atoms with van der Waals surface area (Å²) in [6, 6.07) is 48.3. The molecule has 0 radical (unpaired) electrons. The summed E-state index contributed by atoms with van der Waals surface area (Å²) in [4.78, 5) is 61.2. The van der Waals surface area contributed by atoms with Gasteiger partial charge in [0.2, 0.25) is 23.5 Å². The molecule has 0 unspecified atom stereocenters. The highest BCUT2D eigenvalue weighted by molar-refractivity contribution is 6.29. The second-order valence-electron chi connectivity index (χ2n) is 34.0. The number of rotatable bonds is 24. The molecule has 13 heterocycles. The normalized spacial score (nSPS) is 17.2. The second-order valence-corrected chi connectivity index (χ2v) is 34.8. The van der Waals surface area contributed by atoms with E-state index in [-0.39, 0.29) is 46.7 Å². The van der Waals surface area contributed by atoms with Crippen LogP contribution in [0, 0.1) is 34.4 Å². The molecule has 10 aliphatic rings. The number of primary amides is 1. The largest absolute Gasteiger partial charge is 0.466 e. The van der Waals surface area contributed by atoms with Gasteiger partial charge in [-0.15, -0.1) is 0 Å². The zero-order chi connectivity index (χ0) is 93.5. The van der Waals surface area contributed by atoms with Gasteiger partial charge in [-0.2, -0.15) is 25.8 Å². The molecule has 1 amide bonds. The van der Waals surface area contributed by atoms with Crippen LogP contribution in [0.1, 0.15) is 234 Å². The van der Waals surface area contributed by atoms with Gasteiger partial charge in [-0.3, -0.25) is 35.5 Å². The quantitative estimate of drug-likeness (QED) is 0.00737. The Kier molecular flexibility index (Phi) is 36.0. The lowest BCUT2D eigenvalue weighted by Gasteiger charge is -2.24. The number of anilines is 5. The molecule has 21 rings (SSSR count). The summed E-state index contributed by atoms with van der Waals surface area (Å²) in [5.74, 6) is 12.2. The number of carbonyl (C=O) groups excluding carboxylic acids is 3. The Bertz CT molecular complexity index is 5770. The number of hydrogen-bond acceptors (Lipinski definition) is 27. The van der Waals surface area contributed by atoms with Crippen LogP contribution in [-0.2, 0) is 38.0 Å². The molecule has 10 fully saturated rings. The highest BCUT2D eigenvalue weighted by atomic mass is 35.5. The maximum Gasteiger partial charge on any atom is 0.313 e. The van der Waals surface area contributed by atoms with E-state index in [0.29, 0.717) is 111 Å². The Labute approximate surface area is 787 Å². The van der Waals surface area contributed by atoms with Crippen LogP contribution in [0.2, 0.25) is 10.3 Å². The standard InChI is InChI=1S/C23H25N5O3.C23H23N5O2.C16H18ClN3O2.C11H16N2O2.C8H12O3.C7H6N2.C5H3ClFN.C5H12N2O/c24-23(29)16-2-1-3-17(12-16)26-21-13-19(6-9-25-21)31-22-14-20(15-4-5-15)27-28(22)18-7-10-30-11-8-18;24-15-16-2-1-3-18(12-16)26-22-13-20(6-9-25-22)30-23-14-21(17-4-5-17)27-28(23)19-7-10-29-11-8-19;17-15-9-13(3-6-18-15)22-16-10-14(11-1-2-11)19-20(16)12-4-7-21-8-5-12;14-11-7-10(8-1-2-8)12-13(11)9-3-5-15-6-4-9;1-2-11-8(10)5-7(9)6-3-4-6;8-5-6-2-1-3-7(9)4-6;6-5-3-4(7)1-2-8-5;6-7-5-1-3-8-4-2-5/h1-3,6,9,12-15,18H,4-5,7-8,10-11H2,(H2,24,29)(H,25,26);1-3,6,9,12-14,17,19H,4-5,7-8,10-11H2,(H,25,26);3,6,9-12H,1-2,4-5,7-8H2;7-9,12H,1-6H2;6H,2-5H2,1H3;1-4H,9H2;1-3H;5,7H,1-4,6H2. The van der Waals surface area contributed by atoms with Gasteiger partial charge >= 0.3 is 5.97 Å². The predicted octanol–water partition coefficient (Wildman–Crippen LogP) is 18.0. The smallest absolute Gasteiger partial charge is 0.313 e. The van der Waals surface area contributed by atoms with Gasteiger partial charge < -0.3 is 64.7 Å². The number of nitrogens with zero attached hydrogens (tertiary/aromatic N) is 13. The van der Waals surface area contributed by atoms with E-state index in [1.807, 2.05) is 68.6 Å². The minimum atomic E-state index is -0.471. The molecule has 0 atom stereocenters. The third-order valence-corrected chi connectivity index (χ3v) is 23.8. The first-order chi connectivity index (χ1) is 65.4. The first kappa shape index (κ1) is 97.5. The molecule has 0 spiro atoms. The van der Waals surface area contributed by atoms with E-state index in [1.54, 1.807) is 96.9 Å². The fourth-order valence-corrected chi connectivity index (χ4v) is 15.7. The lowest BCUT2D eigenvalue weighted by atomic mass is 10.1. The number of nitrogens with one attached hydrogen (secondary N) is 4. The number of Topliss-reactive ketones (excluding diaryl/α,β-unsaturated/α-hetero) is 1. The lowest BCUT2D eigenvalue weighted by Crippen LogP contribution is -2.39. The molecule has 5 aliphatic heterocycles. The summed E-state index contributed by atoms with van der Waals surface area (Å²) in [7, 11) is 0. The Morgan fingerprint density at radius 2 is 0.910 bits per heavy atom. The van der Waals surface area contributed by atoms with E-state index in [4.69, 9.17) is 104 Å². The van der Waals surface area contributed by atoms with Crippen LogP contribution in [0.4, 0.5) is 33.1 Å². The first-order valence-corrected chi connectivity index (χ1v) is 46.8. The highest BCUT2D eigenvalue weighted by Gasteiger charge is 2.35. The topological polar surface area (TPSA) is 439 Å². The van der Waals surface area contributed by atoms with Gasteiger partial charge in [0.15, 0.2) is 0 Å². The molecule has 5 saturated carbocycles. The molecule has 11 aromatic rings. The van der Waals surface area contributed by atoms with Crippen molar-refractivity contribution in [2.75, 3.05) is 89.0 Å². The number of H-pyrrole nitrogens is 1. The number of nitrogen functional groups attached to an aromatic ring is 1. The number of hydrazine groups is 1. The number of esters is 1. The lowest BCUT2D eigenvalue weighted by molar-refractivity contribution is -0.145. The van der Waals surface area contributed by atoms with Gasteiger partial charge in [-0.05, 0) is 214 Å². The predicted molar refractivity (Wildman–Crippen MR) is 502 cm³/mol. The molecule has 10 N–H and O–H groups in total. The number of benzene rings is 3. The molecule has 706 valence electrons. The number of halogens is 3. The number of hydrogen-bond donors (Lipinski definition) is 7. The molecular weight excluding hydrogens is 1760 g/mol. The van der Waals surface area contributed by atoms with E-state index in [1.165, 1.54) is 63.6 Å². The van der Waals surface area contributed by atoms with Crippen LogP contribution < -0.4 is 53.1 Å². The summed E-state index contributed by atoms with van der Waals surface area (Å²) < 4.78 is 70.0. The van der Waals surface area contributed by atoms with Crippen molar-refractivity contribution in [1.82, 2.24) is 64.5 Å². The van der Waals surface area contributed by atoms with E-state index in [0.717, 1.165) is 201 Å². The number of amides is 1. The molecule has 3 aromatic carbocycles. The fourth-order valence-electron chi connectivity index (χ4n) is 15.3. The number of ketones is 1. The van der Waals surface area contributed by atoms with Crippen molar-refractivity contribution in [3.8, 4) is 47.0 Å². The molecule has 33 nitrogen and oxygen atoms in total. The van der Waals surface area contributed by atoms with Crippen LogP contribution in [0.25, 0.3) is 0 Å². The van der Waals surface area contributed by atoms with Crippen molar-refractivity contribution in [3.63, 3.8) is 0 Å². The van der Waals surface area contributed by atoms with Crippen LogP contribution in [-0.4, -0.2) is 155 Å². The van der Waals surface area contributed by atoms with E-state index >= 15 is 0 Å². The van der Waals surface area contributed by atoms with Crippen molar-refractivity contribution >= 4 is 69.6 Å². The molecule has 36 heteroatoms. The number of nitrogens with two attached hydrogens (primary N) is 3. The van der Waals surface area contributed by atoms with Crippen molar-refractivity contribution < 1.29 is 61.4 Å². The third-order valence-electron chi connectivity index (χ3n) is 23.4. The summed E-state index contributed by atoms with van der Waals surface area (Å²) in [6.45, 7) is 9.92. The number of ether oxygens (including phenoxy) is 9. The van der Waals surface area contributed by atoms with Gasteiger partial charge in [0.25, 0.3) is 5.56 Å². The maximum absolute atomic E-state index is 12.0. The van der Waals surface area contributed by atoms with E-state index in [2.05, 4.69) is 70.1 Å². The van der Waals surface area contributed by atoms with Gasteiger partial charge in [0, 0.05) is 203 Å². The third kappa shape index (κ3) is 30.8. The Morgan fingerprint density at radius 3 is 1.31 bits per heavy atom. The number of pyridine rings is 4. The fraction of sp³-hybridized carbons (Fsp3) is 0.439.